The van der Waals surface area contributed by atoms with E-state index < -0.39 is 0 Å². The first-order valence-corrected chi connectivity index (χ1v) is 7.01. The molecule has 102 valence electrons. The summed E-state index contributed by atoms with van der Waals surface area (Å²) in [6, 6.07) is 2.39. The third kappa shape index (κ3) is 3.36. The van der Waals surface area contributed by atoms with Crippen LogP contribution in [0.2, 0.25) is 0 Å². The third-order valence-corrected chi connectivity index (χ3v) is 4.28. The van der Waals surface area contributed by atoms with Gasteiger partial charge in [-0.3, -0.25) is 0 Å². The van der Waals surface area contributed by atoms with E-state index in [0.29, 0.717) is 12.0 Å². The minimum Gasteiger partial charge on any atom is -0.472 e. The van der Waals surface area contributed by atoms with E-state index >= 15 is 0 Å². The van der Waals surface area contributed by atoms with E-state index in [0.717, 1.165) is 24.9 Å². The van der Waals surface area contributed by atoms with Gasteiger partial charge in [0.2, 0.25) is 0 Å². The maximum absolute atomic E-state index is 6.34. The molecule has 1 fully saturated rings. The molecule has 1 aromatic heterocycles. The van der Waals surface area contributed by atoms with Gasteiger partial charge in [-0.2, -0.15) is 0 Å². The number of hydrogen-bond donors (Lipinski definition) is 1. The molecule has 0 radical (unpaired) electrons. The van der Waals surface area contributed by atoms with Gasteiger partial charge in [-0.05, 0) is 43.7 Å². The Morgan fingerprint density at radius 1 is 1.39 bits per heavy atom. The van der Waals surface area contributed by atoms with E-state index in [1.54, 1.807) is 6.26 Å². The van der Waals surface area contributed by atoms with E-state index in [4.69, 9.17) is 10.2 Å². The molecule has 0 saturated heterocycles. The second-order valence-electron chi connectivity index (χ2n) is 6.21. The number of furan rings is 1. The van der Waals surface area contributed by atoms with Gasteiger partial charge in [0.15, 0.2) is 0 Å². The Balaban J connectivity index is 1.87. The molecule has 3 nitrogen and oxygen atoms in total. The minimum absolute atomic E-state index is 0.357. The molecule has 3 heteroatoms. The zero-order chi connectivity index (χ0) is 13.1. The Hall–Kier alpha value is -0.800. The zero-order valence-electron chi connectivity index (χ0n) is 11.8. The van der Waals surface area contributed by atoms with Crippen LogP contribution >= 0.6 is 0 Å². The molecule has 0 spiro atoms. The fraction of sp³-hybridized carbons (Fsp3) is 0.733. The van der Waals surface area contributed by atoms with E-state index in [-0.39, 0.29) is 0 Å². The number of rotatable bonds is 4. The van der Waals surface area contributed by atoms with Crippen molar-refractivity contribution in [2.24, 2.45) is 23.5 Å². The fourth-order valence-corrected chi connectivity index (χ4v) is 3.40. The molecule has 18 heavy (non-hydrogen) atoms. The Bertz CT molecular complexity index is 337. The lowest BCUT2D eigenvalue weighted by molar-refractivity contribution is 0.127. The highest BCUT2D eigenvalue weighted by Gasteiger charge is 2.32. The lowest BCUT2D eigenvalue weighted by Crippen LogP contribution is -2.45. The molecule has 0 aromatic carbocycles. The maximum Gasteiger partial charge on any atom is 0.0947 e. The van der Waals surface area contributed by atoms with Crippen molar-refractivity contribution in [3.05, 3.63) is 24.2 Å². The predicted octanol–water partition coefficient (Wildman–Crippen LogP) is 2.72. The molecule has 1 aromatic rings. The third-order valence-electron chi connectivity index (χ3n) is 4.28. The summed E-state index contributed by atoms with van der Waals surface area (Å²) >= 11 is 0. The van der Waals surface area contributed by atoms with Crippen molar-refractivity contribution in [3.63, 3.8) is 0 Å². The highest BCUT2D eigenvalue weighted by atomic mass is 16.3. The van der Waals surface area contributed by atoms with E-state index in [9.17, 15) is 0 Å². The van der Waals surface area contributed by atoms with Crippen LogP contribution in [0.25, 0.3) is 0 Å². The van der Waals surface area contributed by atoms with Crippen LogP contribution in [-0.2, 0) is 6.54 Å². The molecule has 4 atom stereocenters. The Morgan fingerprint density at radius 3 is 2.78 bits per heavy atom. The van der Waals surface area contributed by atoms with Gasteiger partial charge < -0.3 is 15.1 Å². The van der Waals surface area contributed by atoms with Crippen LogP contribution in [0.3, 0.4) is 0 Å². The quantitative estimate of drug-likeness (QED) is 0.893. The van der Waals surface area contributed by atoms with Crippen LogP contribution in [0.4, 0.5) is 0 Å². The summed E-state index contributed by atoms with van der Waals surface area (Å²) in [6.07, 6.45) is 6.05. The zero-order valence-corrected chi connectivity index (χ0v) is 11.8. The molecule has 2 N–H and O–H groups in total. The number of nitrogens with zero attached hydrogens (tertiary/aromatic N) is 1. The molecule has 1 heterocycles. The van der Waals surface area contributed by atoms with Crippen LogP contribution in [0.1, 0.15) is 32.3 Å². The molecule has 1 aliphatic carbocycles. The van der Waals surface area contributed by atoms with Gasteiger partial charge in [0.05, 0.1) is 12.5 Å². The van der Waals surface area contributed by atoms with Gasteiger partial charge in [0, 0.05) is 24.7 Å². The van der Waals surface area contributed by atoms with Gasteiger partial charge >= 0.3 is 0 Å². The maximum atomic E-state index is 6.34. The topological polar surface area (TPSA) is 42.4 Å². The number of nitrogens with two attached hydrogens (primary N) is 1. The van der Waals surface area contributed by atoms with Crippen molar-refractivity contribution in [2.45, 2.75) is 39.3 Å². The molecule has 0 aliphatic heterocycles. The molecular formula is C15H26N2O. The van der Waals surface area contributed by atoms with Crippen molar-refractivity contribution < 1.29 is 4.42 Å². The monoisotopic (exact) mass is 250 g/mol. The second-order valence-corrected chi connectivity index (χ2v) is 6.21. The molecule has 0 amide bonds. The highest BCUT2D eigenvalue weighted by Crippen LogP contribution is 2.33. The van der Waals surface area contributed by atoms with Crippen molar-refractivity contribution >= 4 is 0 Å². The highest BCUT2D eigenvalue weighted by molar-refractivity contribution is 5.04. The van der Waals surface area contributed by atoms with Gasteiger partial charge in [0.25, 0.3) is 0 Å². The lowest BCUT2D eigenvalue weighted by Gasteiger charge is -2.39. The molecule has 1 saturated carbocycles. The normalized spacial score (nSPS) is 32.9. The van der Waals surface area contributed by atoms with Crippen LogP contribution < -0.4 is 5.73 Å². The molecule has 4 unspecified atom stereocenters. The van der Waals surface area contributed by atoms with Gasteiger partial charge in [-0.25, -0.2) is 0 Å². The Labute approximate surface area is 110 Å². The lowest BCUT2D eigenvalue weighted by atomic mass is 9.72. The standard InChI is InChI=1S/C15H26N2O/c1-11-6-12(2)14(15(16)7-11)9-17(3)8-13-4-5-18-10-13/h4-5,10-12,14-15H,6-9,16H2,1-3H3. The SMILES string of the molecule is CC1CC(C)C(CN(C)Cc2ccoc2)C(N)C1. The smallest absolute Gasteiger partial charge is 0.0947 e. The Kier molecular flexibility index (Phi) is 4.46. The first-order valence-electron chi connectivity index (χ1n) is 7.01. The second kappa shape index (κ2) is 5.89. The summed E-state index contributed by atoms with van der Waals surface area (Å²) in [5, 5.41) is 0. The number of hydrogen-bond acceptors (Lipinski definition) is 3. The average molecular weight is 250 g/mol. The molecule has 1 aliphatic rings. The first-order chi connectivity index (χ1) is 8.56. The largest absolute Gasteiger partial charge is 0.472 e. The van der Waals surface area contributed by atoms with E-state index in [2.05, 4.69) is 25.8 Å². The summed E-state index contributed by atoms with van der Waals surface area (Å²) in [7, 11) is 2.17. The van der Waals surface area contributed by atoms with E-state index in [1.165, 1.54) is 18.4 Å². The average Bonchev–Trinajstić information content (AvgIpc) is 2.76. The fourth-order valence-electron chi connectivity index (χ4n) is 3.40. The molecule has 2 rings (SSSR count). The van der Waals surface area contributed by atoms with Crippen molar-refractivity contribution in [1.82, 2.24) is 4.90 Å². The summed E-state index contributed by atoms with van der Waals surface area (Å²) in [6.45, 7) is 6.70. The van der Waals surface area contributed by atoms with Crippen molar-refractivity contribution in [2.75, 3.05) is 13.6 Å². The van der Waals surface area contributed by atoms with E-state index in [1.807, 2.05) is 12.3 Å². The summed E-state index contributed by atoms with van der Waals surface area (Å²) < 4.78 is 5.11. The van der Waals surface area contributed by atoms with Crippen LogP contribution in [0.15, 0.2) is 23.0 Å². The van der Waals surface area contributed by atoms with Crippen molar-refractivity contribution in [1.29, 1.82) is 0 Å². The predicted molar refractivity (Wildman–Crippen MR) is 74.1 cm³/mol. The van der Waals surface area contributed by atoms with Gasteiger partial charge in [-0.1, -0.05) is 13.8 Å². The minimum atomic E-state index is 0.357. The van der Waals surface area contributed by atoms with Crippen LogP contribution in [0.5, 0.6) is 0 Å². The van der Waals surface area contributed by atoms with Crippen molar-refractivity contribution in [3.8, 4) is 0 Å². The van der Waals surface area contributed by atoms with Crippen LogP contribution in [-0.4, -0.2) is 24.5 Å². The summed E-state index contributed by atoms with van der Waals surface area (Å²) in [4.78, 5) is 2.36. The summed E-state index contributed by atoms with van der Waals surface area (Å²) in [5.74, 6) is 2.14. The first kappa shape index (κ1) is 13.6. The summed E-state index contributed by atoms with van der Waals surface area (Å²) in [5.41, 5.74) is 7.58. The van der Waals surface area contributed by atoms with Crippen LogP contribution in [0, 0.1) is 17.8 Å². The van der Waals surface area contributed by atoms with Gasteiger partial charge in [-0.15, -0.1) is 0 Å². The molecule has 0 bridgehead atoms. The molecular weight excluding hydrogens is 224 g/mol. The van der Waals surface area contributed by atoms with Gasteiger partial charge in [0.1, 0.15) is 0 Å². The Morgan fingerprint density at radius 2 is 2.17 bits per heavy atom.